The van der Waals surface area contributed by atoms with Gasteiger partial charge in [-0.3, -0.25) is 4.79 Å². The summed E-state index contributed by atoms with van der Waals surface area (Å²) >= 11 is 0. The molecule has 5 heteroatoms. The maximum absolute atomic E-state index is 11.6. The second-order valence-corrected chi connectivity index (χ2v) is 5.52. The Balaban J connectivity index is 2.09. The third-order valence-electron chi connectivity index (χ3n) is 4.14. The van der Waals surface area contributed by atoms with Crippen LogP contribution in [0.5, 0.6) is 0 Å². The molecule has 0 heterocycles. The Morgan fingerprint density at radius 2 is 1.84 bits per heavy atom. The predicted octanol–water partition coefficient (Wildman–Crippen LogP) is 2.51. The van der Waals surface area contributed by atoms with Crippen molar-refractivity contribution in [3.8, 4) is 0 Å². The fraction of sp³-hybridized carbons (Fsp3) is 0.857. The monoisotopic (exact) mass is 270 g/mol. The van der Waals surface area contributed by atoms with Gasteiger partial charge in [0.1, 0.15) is 0 Å². The van der Waals surface area contributed by atoms with E-state index in [-0.39, 0.29) is 12.5 Å². The average molecular weight is 270 g/mol. The standard InChI is InChI=1S/C14H26N2O3/c1-2-14(8-4-5-9-14)11-16-13(19)15-10-6-3-7-12(17)18/h2-11H2,1H3,(H,17,18)(H2,15,16,19). The first-order valence-electron chi connectivity index (χ1n) is 7.31. The summed E-state index contributed by atoms with van der Waals surface area (Å²) < 4.78 is 0. The molecule has 2 amide bonds. The van der Waals surface area contributed by atoms with Gasteiger partial charge in [-0.25, -0.2) is 4.79 Å². The number of unbranched alkanes of at least 4 members (excludes halogenated alkanes) is 1. The van der Waals surface area contributed by atoms with Crippen molar-refractivity contribution in [1.29, 1.82) is 0 Å². The van der Waals surface area contributed by atoms with Crippen molar-refractivity contribution in [2.75, 3.05) is 13.1 Å². The second kappa shape index (κ2) is 8.02. The summed E-state index contributed by atoms with van der Waals surface area (Å²) in [4.78, 5) is 21.9. The molecule has 0 aromatic carbocycles. The van der Waals surface area contributed by atoms with Crippen LogP contribution in [0, 0.1) is 5.41 Å². The van der Waals surface area contributed by atoms with Crippen molar-refractivity contribution in [3.05, 3.63) is 0 Å². The molecule has 1 rings (SSSR count). The van der Waals surface area contributed by atoms with E-state index in [4.69, 9.17) is 5.11 Å². The molecule has 0 aromatic heterocycles. The molecule has 0 bridgehead atoms. The summed E-state index contributed by atoms with van der Waals surface area (Å²) in [5, 5.41) is 14.2. The van der Waals surface area contributed by atoms with Gasteiger partial charge in [0.15, 0.2) is 0 Å². The Morgan fingerprint density at radius 3 is 2.42 bits per heavy atom. The molecule has 0 radical (unpaired) electrons. The van der Waals surface area contributed by atoms with Crippen molar-refractivity contribution >= 4 is 12.0 Å². The Labute approximate surface area is 115 Å². The van der Waals surface area contributed by atoms with Crippen molar-refractivity contribution in [3.63, 3.8) is 0 Å². The molecule has 110 valence electrons. The summed E-state index contributed by atoms with van der Waals surface area (Å²) in [5.74, 6) is -0.782. The highest BCUT2D eigenvalue weighted by Gasteiger charge is 2.32. The SMILES string of the molecule is CCC1(CNC(=O)NCCCCC(=O)O)CCCC1. The number of aliphatic carboxylic acids is 1. The van der Waals surface area contributed by atoms with E-state index in [0.717, 1.165) is 13.0 Å². The molecule has 0 aromatic rings. The first-order chi connectivity index (χ1) is 9.08. The summed E-state index contributed by atoms with van der Waals surface area (Å²) in [7, 11) is 0. The van der Waals surface area contributed by atoms with Gasteiger partial charge < -0.3 is 15.7 Å². The van der Waals surface area contributed by atoms with Gasteiger partial charge in [-0.15, -0.1) is 0 Å². The van der Waals surface area contributed by atoms with E-state index in [1.54, 1.807) is 0 Å². The minimum absolute atomic E-state index is 0.130. The van der Waals surface area contributed by atoms with E-state index in [0.29, 0.717) is 24.8 Å². The molecule has 3 N–H and O–H groups in total. The molecule has 0 atom stereocenters. The van der Waals surface area contributed by atoms with Crippen LogP contribution >= 0.6 is 0 Å². The van der Waals surface area contributed by atoms with Crippen LogP contribution in [0.4, 0.5) is 4.79 Å². The van der Waals surface area contributed by atoms with Gasteiger partial charge in [0.05, 0.1) is 0 Å². The van der Waals surface area contributed by atoms with Gasteiger partial charge in [0.25, 0.3) is 0 Å². The highest BCUT2D eigenvalue weighted by molar-refractivity contribution is 5.73. The molecule has 1 aliphatic rings. The van der Waals surface area contributed by atoms with Gasteiger partial charge >= 0.3 is 12.0 Å². The fourth-order valence-corrected chi connectivity index (χ4v) is 2.71. The highest BCUT2D eigenvalue weighted by atomic mass is 16.4. The number of rotatable bonds is 8. The number of hydrogen-bond donors (Lipinski definition) is 3. The first-order valence-corrected chi connectivity index (χ1v) is 7.31. The lowest BCUT2D eigenvalue weighted by Gasteiger charge is -2.27. The second-order valence-electron chi connectivity index (χ2n) is 5.52. The van der Waals surface area contributed by atoms with Crippen molar-refractivity contribution in [2.24, 2.45) is 5.41 Å². The van der Waals surface area contributed by atoms with E-state index in [1.165, 1.54) is 25.7 Å². The highest BCUT2D eigenvalue weighted by Crippen LogP contribution is 2.40. The van der Waals surface area contributed by atoms with Crippen LogP contribution in [0.15, 0.2) is 0 Å². The Hall–Kier alpha value is -1.26. The largest absolute Gasteiger partial charge is 0.481 e. The molecule has 5 nitrogen and oxygen atoms in total. The van der Waals surface area contributed by atoms with Crippen molar-refractivity contribution in [2.45, 2.75) is 58.3 Å². The number of carbonyl (C=O) groups excluding carboxylic acids is 1. The third kappa shape index (κ3) is 5.94. The van der Waals surface area contributed by atoms with Crippen molar-refractivity contribution < 1.29 is 14.7 Å². The zero-order chi connectivity index (χ0) is 14.1. The summed E-state index contributed by atoms with van der Waals surface area (Å²) in [6.07, 6.45) is 7.56. The zero-order valence-electron chi connectivity index (χ0n) is 11.8. The van der Waals surface area contributed by atoms with E-state index in [2.05, 4.69) is 17.6 Å². The lowest BCUT2D eigenvalue weighted by molar-refractivity contribution is -0.137. The van der Waals surface area contributed by atoms with Crippen LogP contribution < -0.4 is 10.6 Å². The van der Waals surface area contributed by atoms with E-state index in [9.17, 15) is 9.59 Å². The molecular formula is C14H26N2O3. The van der Waals surface area contributed by atoms with Crippen LogP contribution in [0.3, 0.4) is 0 Å². The number of amides is 2. The van der Waals surface area contributed by atoms with E-state index >= 15 is 0 Å². The minimum atomic E-state index is -0.782. The first kappa shape index (κ1) is 15.8. The summed E-state index contributed by atoms with van der Waals surface area (Å²) in [6, 6.07) is -0.130. The molecule has 0 aliphatic heterocycles. The number of carboxylic acids is 1. The van der Waals surface area contributed by atoms with Crippen LogP contribution in [0.2, 0.25) is 0 Å². The third-order valence-corrected chi connectivity index (χ3v) is 4.14. The van der Waals surface area contributed by atoms with Gasteiger partial charge in [0, 0.05) is 19.5 Å². The lowest BCUT2D eigenvalue weighted by Crippen LogP contribution is -2.41. The molecule has 0 spiro atoms. The normalized spacial score (nSPS) is 17.1. The zero-order valence-corrected chi connectivity index (χ0v) is 11.8. The van der Waals surface area contributed by atoms with Crippen LogP contribution in [-0.2, 0) is 4.79 Å². The molecule has 0 saturated heterocycles. The van der Waals surface area contributed by atoms with Crippen LogP contribution in [0.25, 0.3) is 0 Å². The van der Waals surface area contributed by atoms with Crippen LogP contribution in [0.1, 0.15) is 58.3 Å². The number of nitrogens with one attached hydrogen (secondary N) is 2. The number of carboxylic acid groups (broad SMARTS) is 1. The van der Waals surface area contributed by atoms with Crippen molar-refractivity contribution in [1.82, 2.24) is 10.6 Å². The molecule has 1 aliphatic carbocycles. The average Bonchev–Trinajstić information content (AvgIpc) is 2.85. The molecule has 1 saturated carbocycles. The van der Waals surface area contributed by atoms with Gasteiger partial charge in [-0.1, -0.05) is 19.8 Å². The maximum Gasteiger partial charge on any atom is 0.314 e. The van der Waals surface area contributed by atoms with Gasteiger partial charge in [-0.2, -0.15) is 0 Å². The fourth-order valence-electron chi connectivity index (χ4n) is 2.71. The summed E-state index contributed by atoms with van der Waals surface area (Å²) in [6.45, 7) is 3.49. The Kier molecular flexibility index (Phi) is 6.67. The number of hydrogen-bond acceptors (Lipinski definition) is 2. The molecule has 1 fully saturated rings. The smallest absolute Gasteiger partial charge is 0.314 e. The molecule has 19 heavy (non-hydrogen) atoms. The predicted molar refractivity (Wildman–Crippen MR) is 74.1 cm³/mol. The molecular weight excluding hydrogens is 244 g/mol. The topological polar surface area (TPSA) is 78.4 Å². The van der Waals surface area contributed by atoms with Gasteiger partial charge in [-0.05, 0) is 37.5 Å². The van der Waals surface area contributed by atoms with Crippen LogP contribution in [-0.4, -0.2) is 30.2 Å². The lowest BCUT2D eigenvalue weighted by atomic mass is 9.83. The quantitative estimate of drug-likeness (QED) is 0.593. The van der Waals surface area contributed by atoms with E-state index < -0.39 is 5.97 Å². The molecule has 0 unspecified atom stereocenters. The maximum atomic E-state index is 11.6. The minimum Gasteiger partial charge on any atom is -0.481 e. The van der Waals surface area contributed by atoms with E-state index in [1.807, 2.05) is 0 Å². The van der Waals surface area contributed by atoms with Gasteiger partial charge in [0.2, 0.25) is 0 Å². The number of carbonyl (C=O) groups is 2. The Morgan fingerprint density at radius 1 is 1.16 bits per heavy atom. The number of urea groups is 1. The Bertz CT molecular complexity index is 299. The summed E-state index contributed by atoms with van der Waals surface area (Å²) in [5.41, 5.74) is 0.306.